The molecule has 1 heterocycles. The molecule has 2 rings (SSSR count). The fourth-order valence-electron chi connectivity index (χ4n) is 2.52. The number of hydrogen-bond acceptors (Lipinski definition) is 4. The molecule has 1 aromatic rings. The van der Waals surface area contributed by atoms with Crippen LogP contribution in [0.5, 0.6) is 5.75 Å². The number of nitrogens with zero attached hydrogens (tertiary/aromatic N) is 1. The maximum Gasteiger partial charge on any atom is 0.310 e. The van der Waals surface area contributed by atoms with Crippen LogP contribution in [0, 0.1) is 0 Å². The molecule has 110 valence electrons. The van der Waals surface area contributed by atoms with Gasteiger partial charge in [-0.05, 0) is 25.5 Å². The minimum Gasteiger partial charge on any atom is -0.490 e. The summed E-state index contributed by atoms with van der Waals surface area (Å²) in [6, 6.07) is 7.72. The van der Waals surface area contributed by atoms with Gasteiger partial charge in [0.15, 0.2) is 0 Å². The first-order valence-electron chi connectivity index (χ1n) is 7.26. The Morgan fingerprint density at radius 2 is 2.00 bits per heavy atom. The molecule has 0 spiro atoms. The highest BCUT2D eigenvalue weighted by atomic mass is 16.5. The van der Waals surface area contributed by atoms with E-state index < -0.39 is 0 Å². The van der Waals surface area contributed by atoms with Crippen molar-refractivity contribution in [3.63, 3.8) is 0 Å². The van der Waals surface area contributed by atoms with E-state index in [1.54, 1.807) is 0 Å². The first-order chi connectivity index (χ1) is 9.72. The van der Waals surface area contributed by atoms with E-state index in [1.807, 2.05) is 24.3 Å². The Morgan fingerprint density at radius 3 is 2.65 bits per heavy atom. The molecule has 4 nitrogen and oxygen atoms in total. The van der Waals surface area contributed by atoms with Gasteiger partial charge in [0, 0.05) is 18.7 Å². The number of carbonyl (C=O) groups is 1. The van der Waals surface area contributed by atoms with Crippen LogP contribution in [0.2, 0.25) is 0 Å². The zero-order chi connectivity index (χ0) is 14.4. The van der Waals surface area contributed by atoms with Gasteiger partial charge in [-0.25, -0.2) is 0 Å². The molecule has 0 atom stereocenters. The Hall–Kier alpha value is -1.55. The van der Waals surface area contributed by atoms with Gasteiger partial charge < -0.3 is 14.4 Å². The molecule has 0 bridgehead atoms. The molecule has 1 aliphatic heterocycles. The topological polar surface area (TPSA) is 38.8 Å². The molecule has 0 aliphatic carbocycles. The average molecular weight is 277 g/mol. The predicted molar refractivity (Wildman–Crippen MR) is 77.9 cm³/mol. The summed E-state index contributed by atoms with van der Waals surface area (Å²) in [6.45, 7) is 5.46. The fraction of sp³-hybridized carbons (Fsp3) is 0.562. The summed E-state index contributed by atoms with van der Waals surface area (Å²) in [7, 11) is 1.41. The van der Waals surface area contributed by atoms with Crippen molar-refractivity contribution in [2.24, 2.45) is 0 Å². The molecule has 4 heteroatoms. The molecular weight excluding hydrogens is 254 g/mol. The Labute approximate surface area is 120 Å². The SMILES string of the molecule is CCN1CCC(Oc2ccccc2CC(=O)OC)CC1. The van der Waals surface area contributed by atoms with Gasteiger partial charge >= 0.3 is 5.97 Å². The second-order valence-electron chi connectivity index (χ2n) is 5.11. The van der Waals surface area contributed by atoms with E-state index in [2.05, 4.69) is 11.8 Å². The molecule has 1 aromatic carbocycles. The third kappa shape index (κ3) is 3.97. The summed E-state index contributed by atoms with van der Waals surface area (Å²) in [4.78, 5) is 13.9. The highest BCUT2D eigenvalue weighted by Crippen LogP contribution is 2.23. The summed E-state index contributed by atoms with van der Waals surface area (Å²) in [5.41, 5.74) is 0.900. The summed E-state index contributed by atoms with van der Waals surface area (Å²) in [5, 5.41) is 0. The first-order valence-corrected chi connectivity index (χ1v) is 7.26. The second-order valence-corrected chi connectivity index (χ2v) is 5.11. The van der Waals surface area contributed by atoms with E-state index in [4.69, 9.17) is 9.47 Å². The van der Waals surface area contributed by atoms with E-state index in [1.165, 1.54) is 7.11 Å². The number of esters is 1. The summed E-state index contributed by atoms with van der Waals surface area (Å²) in [5.74, 6) is 0.578. The van der Waals surface area contributed by atoms with Gasteiger partial charge in [0.25, 0.3) is 0 Å². The van der Waals surface area contributed by atoms with Crippen molar-refractivity contribution in [2.45, 2.75) is 32.3 Å². The van der Waals surface area contributed by atoms with E-state index in [-0.39, 0.29) is 18.5 Å². The van der Waals surface area contributed by atoms with Gasteiger partial charge in [-0.15, -0.1) is 0 Å². The lowest BCUT2D eigenvalue weighted by atomic mass is 10.1. The molecule has 1 fully saturated rings. The van der Waals surface area contributed by atoms with E-state index in [9.17, 15) is 4.79 Å². The van der Waals surface area contributed by atoms with E-state index in [0.29, 0.717) is 0 Å². The van der Waals surface area contributed by atoms with Crippen LogP contribution in [0.15, 0.2) is 24.3 Å². The maximum atomic E-state index is 11.4. The van der Waals surface area contributed by atoms with Gasteiger partial charge in [0.2, 0.25) is 0 Å². The fourth-order valence-corrected chi connectivity index (χ4v) is 2.52. The molecule has 20 heavy (non-hydrogen) atoms. The van der Waals surface area contributed by atoms with Crippen LogP contribution in [0.25, 0.3) is 0 Å². The normalized spacial score (nSPS) is 16.9. The van der Waals surface area contributed by atoms with Crippen LogP contribution in [-0.4, -0.2) is 43.7 Å². The number of piperidine rings is 1. The summed E-state index contributed by atoms with van der Waals surface area (Å²) < 4.78 is 10.8. The Balaban J connectivity index is 1.97. The van der Waals surface area contributed by atoms with Crippen LogP contribution in [0.1, 0.15) is 25.3 Å². The Morgan fingerprint density at radius 1 is 1.30 bits per heavy atom. The van der Waals surface area contributed by atoms with Crippen molar-refractivity contribution in [3.8, 4) is 5.75 Å². The van der Waals surface area contributed by atoms with Crippen molar-refractivity contribution in [1.82, 2.24) is 4.90 Å². The number of hydrogen-bond donors (Lipinski definition) is 0. The number of ether oxygens (including phenoxy) is 2. The van der Waals surface area contributed by atoms with Gasteiger partial charge in [0.1, 0.15) is 11.9 Å². The highest BCUT2D eigenvalue weighted by Gasteiger charge is 2.20. The van der Waals surface area contributed by atoms with E-state index in [0.717, 1.165) is 43.8 Å². The van der Waals surface area contributed by atoms with Gasteiger partial charge in [-0.2, -0.15) is 0 Å². The minimum absolute atomic E-state index is 0.234. The van der Waals surface area contributed by atoms with Crippen molar-refractivity contribution < 1.29 is 14.3 Å². The lowest BCUT2D eigenvalue weighted by Gasteiger charge is -2.31. The van der Waals surface area contributed by atoms with Crippen molar-refractivity contribution in [3.05, 3.63) is 29.8 Å². The van der Waals surface area contributed by atoms with E-state index >= 15 is 0 Å². The molecule has 0 N–H and O–H groups in total. The first kappa shape index (κ1) is 14.9. The monoisotopic (exact) mass is 277 g/mol. The van der Waals surface area contributed by atoms with Gasteiger partial charge in [-0.1, -0.05) is 25.1 Å². The van der Waals surface area contributed by atoms with Crippen LogP contribution in [0.3, 0.4) is 0 Å². The van der Waals surface area contributed by atoms with Crippen LogP contribution >= 0.6 is 0 Å². The number of benzene rings is 1. The number of methoxy groups -OCH3 is 1. The smallest absolute Gasteiger partial charge is 0.310 e. The van der Waals surface area contributed by atoms with Crippen molar-refractivity contribution in [1.29, 1.82) is 0 Å². The Bertz CT molecular complexity index is 439. The summed E-state index contributed by atoms with van der Waals surface area (Å²) >= 11 is 0. The number of likely N-dealkylation sites (tertiary alicyclic amines) is 1. The third-order valence-electron chi connectivity index (χ3n) is 3.81. The summed E-state index contributed by atoms with van der Waals surface area (Å²) in [6.07, 6.45) is 2.60. The standard InChI is InChI=1S/C16H23NO3/c1-3-17-10-8-14(9-11-17)20-15-7-5-4-6-13(15)12-16(18)19-2/h4-7,14H,3,8-12H2,1-2H3. The molecule has 1 aliphatic rings. The van der Waals surface area contributed by atoms with Crippen molar-refractivity contribution >= 4 is 5.97 Å². The molecule has 0 radical (unpaired) electrons. The molecule has 0 amide bonds. The van der Waals surface area contributed by atoms with Gasteiger partial charge in [-0.3, -0.25) is 4.79 Å². The van der Waals surface area contributed by atoms with Gasteiger partial charge in [0.05, 0.1) is 13.5 Å². The Kier molecular flexibility index (Phi) is 5.41. The molecule has 0 unspecified atom stereocenters. The maximum absolute atomic E-state index is 11.4. The predicted octanol–water partition coefficient (Wildman–Crippen LogP) is 2.27. The quantitative estimate of drug-likeness (QED) is 0.774. The molecule has 0 saturated carbocycles. The lowest BCUT2D eigenvalue weighted by molar-refractivity contribution is -0.139. The third-order valence-corrected chi connectivity index (χ3v) is 3.81. The average Bonchev–Trinajstić information content (AvgIpc) is 2.50. The highest BCUT2D eigenvalue weighted by molar-refractivity contribution is 5.73. The second kappa shape index (κ2) is 7.29. The molecule has 0 aromatic heterocycles. The van der Waals surface area contributed by atoms with Crippen LogP contribution in [-0.2, 0) is 16.0 Å². The van der Waals surface area contributed by atoms with Crippen molar-refractivity contribution in [2.75, 3.05) is 26.7 Å². The zero-order valence-corrected chi connectivity index (χ0v) is 12.3. The molecule has 1 saturated heterocycles. The minimum atomic E-state index is -0.234. The zero-order valence-electron chi connectivity index (χ0n) is 12.3. The largest absolute Gasteiger partial charge is 0.490 e. The number of carbonyl (C=O) groups excluding carboxylic acids is 1. The molecular formula is C16H23NO3. The van der Waals surface area contributed by atoms with Crippen LogP contribution < -0.4 is 4.74 Å². The number of rotatable bonds is 5. The lowest BCUT2D eigenvalue weighted by Crippen LogP contribution is -2.38. The number of para-hydroxylation sites is 1. The van der Waals surface area contributed by atoms with Crippen LogP contribution in [0.4, 0.5) is 0 Å².